The second-order valence-corrected chi connectivity index (χ2v) is 5.12. The third-order valence-electron chi connectivity index (χ3n) is 3.59. The van der Waals surface area contributed by atoms with E-state index in [1.807, 2.05) is 36.5 Å². The van der Waals surface area contributed by atoms with Crippen LogP contribution in [-0.2, 0) is 13.0 Å². The fraction of sp³-hybridized carbons (Fsp3) is 0.222. The molecule has 0 amide bonds. The first-order valence-electron chi connectivity index (χ1n) is 7.24. The van der Waals surface area contributed by atoms with E-state index in [2.05, 4.69) is 23.2 Å². The Kier molecular flexibility index (Phi) is 4.22. The number of nitrogens with one attached hydrogen (secondary N) is 1. The minimum absolute atomic E-state index is 0.227. The van der Waals surface area contributed by atoms with E-state index in [-0.39, 0.29) is 6.61 Å². The van der Waals surface area contributed by atoms with Crippen LogP contribution in [0.5, 0.6) is 5.75 Å². The summed E-state index contributed by atoms with van der Waals surface area (Å²) in [7, 11) is 0. The second kappa shape index (κ2) is 6.46. The molecule has 0 fully saturated rings. The fourth-order valence-corrected chi connectivity index (χ4v) is 2.47. The normalized spacial score (nSPS) is 10.9. The summed E-state index contributed by atoms with van der Waals surface area (Å²) < 4.78 is 5.83. The Bertz CT molecular complexity index is 704. The van der Waals surface area contributed by atoms with Crippen molar-refractivity contribution in [3.63, 3.8) is 0 Å². The van der Waals surface area contributed by atoms with Crippen LogP contribution in [0.15, 0.2) is 54.7 Å². The molecule has 3 rings (SSSR count). The molecule has 0 saturated carbocycles. The van der Waals surface area contributed by atoms with Crippen LogP contribution in [0.2, 0.25) is 0 Å². The van der Waals surface area contributed by atoms with Crippen LogP contribution in [0.3, 0.4) is 0 Å². The molecule has 0 aliphatic rings. The van der Waals surface area contributed by atoms with Gasteiger partial charge in [-0.2, -0.15) is 0 Å². The minimum atomic E-state index is 0.227. The summed E-state index contributed by atoms with van der Waals surface area (Å²) in [6.07, 6.45) is 3.70. The molecule has 0 radical (unpaired) electrons. The van der Waals surface area contributed by atoms with Gasteiger partial charge in [-0.05, 0) is 36.1 Å². The number of aromatic amines is 1. The van der Waals surface area contributed by atoms with E-state index in [1.54, 1.807) is 0 Å². The number of H-pyrrole nitrogens is 1. The highest BCUT2D eigenvalue weighted by Gasteiger charge is 2.05. The molecule has 0 bridgehead atoms. The summed E-state index contributed by atoms with van der Waals surface area (Å²) >= 11 is 0. The SMILES string of the molecule is OCCCc1c[nH]c2cc(OCc3ccccc3)ccc12. The number of aliphatic hydroxyl groups excluding tert-OH is 1. The molecular weight excluding hydrogens is 262 g/mol. The molecule has 0 atom stereocenters. The Balaban J connectivity index is 1.72. The van der Waals surface area contributed by atoms with E-state index >= 15 is 0 Å². The van der Waals surface area contributed by atoms with Crippen LogP contribution in [0.25, 0.3) is 10.9 Å². The number of aryl methyl sites for hydroxylation is 1. The van der Waals surface area contributed by atoms with Crippen molar-refractivity contribution in [2.45, 2.75) is 19.4 Å². The predicted octanol–water partition coefficient (Wildman–Crippen LogP) is 3.67. The number of fused-ring (bicyclic) bond motifs is 1. The third kappa shape index (κ3) is 3.26. The van der Waals surface area contributed by atoms with Crippen LogP contribution in [0, 0.1) is 0 Å². The first kappa shape index (κ1) is 13.7. The lowest BCUT2D eigenvalue weighted by molar-refractivity contribution is 0.289. The van der Waals surface area contributed by atoms with Gasteiger partial charge in [0, 0.05) is 29.8 Å². The van der Waals surface area contributed by atoms with E-state index in [0.29, 0.717) is 6.61 Å². The molecule has 0 saturated heterocycles. The number of hydrogen-bond acceptors (Lipinski definition) is 2. The summed E-state index contributed by atoms with van der Waals surface area (Å²) in [5, 5.41) is 10.1. The van der Waals surface area contributed by atoms with Gasteiger partial charge in [0.05, 0.1) is 0 Å². The zero-order chi connectivity index (χ0) is 14.5. The minimum Gasteiger partial charge on any atom is -0.489 e. The molecule has 0 unspecified atom stereocenters. The lowest BCUT2D eigenvalue weighted by atomic mass is 10.1. The van der Waals surface area contributed by atoms with Crippen molar-refractivity contribution < 1.29 is 9.84 Å². The van der Waals surface area contributed by atoms with Gasteiger partial charge in [-0.15, -0.1) is 0 Å². The lowest BCUT2D eigenvalue weighted by Crippen LogP contribution is -1.94. The molecule has 3 nitrogen and oxygen atoms in total. The van der Waals surface area contributed by atoms with Gasteiger partial charge in [-0.1, -0.05) is 30.3 Å². The van der Waals surface area contributed by atoms with Gasteiger partial charge >= 0.3 is 0 Å². The maximum Gasteiger partial charge on any atom is 0.121 e. The first-order valence-corrected chi connectivity index (χ1v) is 7.24. The third-order valence-corrected chi connectivity index (χ3v) is 3.59. The molecule has 0 aliphatic heterocycles. The van der Waals surface area contributed by atoms with Gasteiger partial charge in [0.2, 0.25) is 0 Å². The Hall–Kier alpha value is -2.26. The largest absolute Gasteiger partial charge is 0.489 e. The van der Waals surface area contributed by atoms with Crippen molar-refractivity contribution in [2.24, 2.45) is 0 Å². The van der Waals surface area contributed by atoms with Crippen LogP contribution in [0.1, 0.15) is 17.5 Å². The van der Waals surface area contributed by atoms with Crippen molar-refractivity contribution in [2.75, 3.05) is 6.61 Å². The molecule has 108 valence electrons. The molecule has 0 spiro atoms. The van der Waals surface area contributed by atoms with Crippen molar-refractivity contribution >= 4 is 10.9 Å². The summed E-state index contributed by atoms with van der Waals surface area (Å²) in [5.41, 5.74) is 3.48. The van der Waals surface area contributed by atoms with E-state index in [1.165, 1.54) is 10.9 Å². The molecule has 2 N–H and O–H groups in total. The summed E-state index contributed by atoms with van der Waals surface area (Å²) in [6.45, 7) is 0.801. The lowest BCUT2D eigenvalue weighted by Gasteiger charge is -2.06. The smallest absolute Gasteiger partial charge is 0.121 e. The topological polar surface area (TPSA) is 45.2 Å². The van der Waals surface area contributed by atoms with E-state index in [9.17, 15) is 0 Å². The zero-order valence-corrected chi connectivity index (χ0v) is 11.9. The first-order chi connectivity index (χ1) is 10.4. The second-order valence-electron chi connectivity index (χ2n) is 5.12. The quantitative estimate of drug-likeness (QED) is 0.724. The van der Waals surface area contributed by atoms with Gasteiger partial charge in [-0.25, -0.2) is 0 Å². The Morgan fingerprint density at radius 1 is 1.05 bits per heavy atom. The van der Waals surface area contributed by atoms with Gasteiger partial charge in [-0.3, -0.25) is 0 Å². The zero-order valence-electron chi connectivity index (χ0n) is 11.9. The molecule has 3 aromatic rings. The summed E-state index contributed by atoms with van der Waals surface area (Å²) in [4.78, 5) is 3.27. The van der Waals surface area contributed by atoms with Crippen molar-refractivity contribution in [1.29, 1.82) is 0 Å². The average molecular weight is 281 g/mol. The van der Waals surface area contributed by atoms with E-state index in [0.717, 1.165) is 29.7 Å². The number of benzene rings is 2. The maximum absolute atomic E-state index is 8.93. The number of aliphatic hydroxyl groups is 1. The summed E-state index contributed by atoms with van der Waals surface area (Å²) in [6, 6.07) is 16.3. The standard InChI is InChI=1S/C18H19NO2/c20-10-4-7-15-12-19-18-11-16(8-9-17(15)18)21-13-14-5-2-1-3-6-14/h1-3,5-6,8-9,11-12,19-20H,4,7,10,13H2. The number of aromatic nitrogens is 1. The molecule has 1 heterocycles. The number of ether oxygens (including phenoxy) is 1. The maximum atomic E-state index is 8.93. The highest BCUT2D eigenvalue weighted by atomic mass is 16.5. The molecule has 3 heteroatoms. The molecule has 2 aromatic carbocycles. The van der Waals surface area contributed by atoms with E-state index < -0.39 is 0 Å². The van der Waals surface area contributed by atoms with Gasteiger partial charge in [0.15, 0.2) is 0 Å². The van der Waals surface area contributed by atoms with Gasteiger partial charge < -0.3 is 14.8 Å². The van der Waals surface area contributed by atoms with Gasteiger partial charge in [0.1, 0.15) is 12.4 Å². The van der Waals surface area contributed by atoms with Crippen LogP contribution < -0.4 is 4.74 Å². The van der Waals surface area contributed by atoms with Crippen molar-refractivity contribution in [1.82, 2.24) is 4.98 Å². The Morgan fingerprint density at radius 3 is 2.71 bits per heavy atom. The Morgan fingerprint density at radius 2 is 1.90 bits per heavy atom. The molecule has 0 aliphatic carbocycles. The van der Waals surface area contributed by atoms with Crippen molar-refractivity contribution in [3.05, 3.63) is 65.9 Å². The molecule has 1 aromatic heterocycles. The van der Waals surface area contributed by atoms with Crippen molar-refractivity contribution in [3.8, 4) is 5.75 Å². The molecule has 21 heavy (non-hydrogen) atoms. The monoisotopic (exact) mass is 281 g/mol. The average Bonchev–Trinajstić information content (AvgIpc) is 2.94. The highest BCUT2D eigenvalue weighted by molar-refractivity contribution is 5.84. The fourth-order valence-electron chi connectivity index (χ4n) is 2.47. The van der Waals surface area contributed by atoms with Gasteiger partial charge in [0.25, 0.3) is 0 Å². The van der Waals surface area contributed by atoms with Crippen LogP contribution in [0.4, 0.5) is 0 Å². The Labute approximate surface area is 124 Å². The van der Waals surface area contributed by atoms with Crippen LogP contribution in [-0.4, -0.2) is 16.7 Å². The number of hydrogen-bond donors (Lipinski definition) is 2. The highest BCUT2D eigenvalue weighted by Crippen LogP contribution is 2.24. The predicted molar refractivity (Wildman–Crippen MR) is 84.5 cm³/mol. The summed E-state index contributed by atoms with van der Waals surface area (Å²) in [5.74, 6) is 0.863. The molecular formula is C18H19NO2. The van der Waals surface area contributed by atoms with Crippen LogP contribution >= 0.6 is 0 Å². The van der Waals surface area contributed by atoms with E-state index in [4.69, 9.17) is 9.84 Å². The number of rotatable bonds is 6.